The number of nitrogens with two attached hydrogens (primary N) is 1. The van der Waals surface area contributed by atoms with Gasteiger partial charge < -0.3 is 10.8 Å². The van der Waals surface area contributed by atoms with Gasteiger partial charge in [-0.2, -0.15) is 4.31 Å². The van der Waals surface area contributed by atoms with Crippen LogP contribution in [-0.2, 0) is 10.0 Å². The lowest BCUT2D eigenvalue weighted by Gasteiger charge is -2.30. The molecule has 1 aliphatic rings. The zero-order chi connectivity index (χ0) is 14.9. The molecular formula is C13H19ClN2O3S. The number of anilines is 1. The molecule has 0 saturated carbocycles. The molecule has 1 aromatic rings. The SMILES string of the molecule is Cc1cc(Cl)c(N)cc1S(=O)(=O)N1CCC(CO)CC1. The molecule has 0 bridgehead atoms. The molecule has 1 fully saturated rings. The molecule has 0 aromatic heterocycles. The summed E-state index contributed by atoms with van der Waals surface area (Å²) in [6.45, 7) is 2.67. The number of aryl methyl sites for hydroxylation is 1. The van der Waals surface area contributed by atoms with Crippen molar-refractivity contribution in [3.8, 4) is 0 Å². The van der Waals surface area contributed by atoms with Gasteiger partial charge in [0.2, 0.25) is 10.0 Å². The van der Waals surface area contributed by atoms with Crippen molar-refractivity contribution in [1.82, 2.24) is 4.31 Å². The van der Waals surface area contributed by atoms with Gasteiger partial charge in [0.05, 0.1) is 15.6 Å². The zero-order valence-electron chi connectivity index (χ0n) is 11.3. The molecule has 7 heteroatoms. The van der Waals surface area contributed by atoms with E-state index in [4.69, 9.17) is 22.4 Å². The van der Waals surface area contributed by atoms with E-state index in [1.807, 2.05) is 0 Å². The Labute approximate surface area is 124 Å². The fourth-order valence-electron chi connectivity index (χ4n) is 2.42. The molecule has 20 heavy (non-hydrogen) atoms. The summed E-state index contributed by atoms with van der Waals surface area (Å²) < 4.78 is 26.7. The summed E-state index contributed by atoms with van der Waals surface area (Å²) >= 11 is 5.90. The highest BCUT2D eigenvalue weighted by molar-refractivity contribution is 7.89. The number of piperidine rings is 1. The predicted molar refractivity (Wildman–Crippen MR) is 79.2 cm³/mol. The lowest BCUT2D eigenvalue weighted by atomic mass is 10.00. The second-order valence-corrected chi connectivity index (χ2v) is 7.48. The van der Waals surface area contributed by atoms with Crippen molar-refractivity contribution < 1.29 is 13.5 Å². The number of nitrogens with zero attached hydrogens (tertiary/aromatic N) is 1. The summed E-state index contributed by atoms with van der Waals surface area (Å²) in [6.07, 6.45) is 1.36. The first-order chi connectivity index (χ1) is 9.36. The van der Waals surface area contributed by atoms with Gasteiger partial charge in [-0.05, 0) is 43.4 Å². The number of aliphatic hydroxyl groups is 1. The minimum Gasteiger partial charge on any atom is -0.397 e. The lowest BCUT2D eigenvalue weighted by molar-refractivity contribution is 0.170. The Morgan fingerprint density at radius 2 is 2.00 bits per heavy atom. The third-order valence-corrected chi connectivity index (χ3v) is 6.11. The number of aliphatic hydroxyl groups excluding tert-OH is 1. The summed E-state index contributed by atoms with van der Waals surface area (Å²) in [6, 6.07) is 3.00. The average molecular weight is 319 g/mol. The van der Waals surface area contributed by atoms with Crippen LogP contribution in [0.5, 0.6) is 0 Å². The van der Waals surface area contributed by atoms with Gasteiger partial charge in [-0.3, -0.25) is 0 Å². The summed E-state index contributed by atoms with van der Waals surface area (Å²) in [4.78, 5) is 0.210. The van der Waals surface area contributed by atoms with E-state index in [2.05, 4.69) is 0 Å². The predicted octanol–water partition coefficient (Wildman–Crippen LogP) is 1.62. The van der Waals surface area contributed by atoms with Crippen LogP contribution in [0.3, 0.4) is 0 Å². The van der Waals surface area contributed by atoms with E-state index in [0.717, 1.165) is 0 Å². The van der Waals surface area contributed by atoms with E-state index in [0.29, 0.717) is 36.5 Å². The molecule has 1 heterocycles. The molecule has 0 aliphatic carbocycles. The highest BCUT2D eigenvalue weighted by Crippen LogP contribution is 2.30. The summed E-state index contributed by atoms with van der Waals surface area (Å²) in [5.41, 5.74) is 6.57. The Bertz CT molecular complexity index is 596. The van der Waals surface area contributed by atoms with Gasteiger partial charge in [-0.1, -0.05) is 11.6 Å². The molecule has 0 unspecified atom stereocenters. The van der Waals surface area contributed by atoms with Crippen molar-refractivity contribution in [2.75, 3.05) is 25.4 Å². The van der Waals surface area contributed by atoms with Crippen LogP contribution < -0.4 is 5.73 Å². The highest BCUT2D eigenvalue weighted by atomic mass is 35.5. The van der Waals surface area contributed by atoms with Crippen molar-refractivity contribution in [2.45, 2.75) is 24.7 Å². The van der Waals surface area contributed by atoms with Gasteiger partial charge in [0.1, 0.15) is 0 Å². The molecule has 1 aromatic carbocycles. The minimum atomic E-state index is -3.55. The van der Waals surface area contributed by atoms with Crippen LogP contribution in [0.4, 0.5) is 5.69 Å². The zero-order valence-corrected chi connectivity index (χ0v) is 12.9. The van der Waals surface area contributed by atoms with E-state index in [-0.39, 0.29) is 23.1 Å². The maximum absolute atomic E-state index is 12.6. The Hall–Kier alpha value is -0.820. The molecule has 1 saturated heterocycles. The fraction of sp³-hybridized carbons (Fsp3) is 0.538. The first-order valence-corrected chi connectivity index (χ1v) is 8.34. The molecule has 112 valence electrons. The molecule has 3 N–H and O–H groups in total. The normalized spacial score (nSPS) is 18.4. The number of hydrogen-bond acceptors (Lipinski definition) is 4. The number of halogens is 1. The van der Waals surface area contributed by atoms with Crippen molar-refractivity contribution in [3.05, 3.63) is 22.7 Å². The van der Waals surface area contributed by atoms with E-state index in [1.54, 1.807) is 13.0 Å². The Balaban J connectivity index is 2.30. The van der Waals surface area contributed by atoms with Crippen LogP contribution in [0, 0.1) is 12.8 Å². The molecular weight excluding hydrogens is 300 g/mol. The summed E-state index contributed by atoms with van der Waals surface area (Å²) in [7, 11) is -3.55. The van der Waals surface area contributed by atoms with Gasteiger partial charge in [0, 0.05) is 19.7 Å². The van der Waals surface area contributed by atoms with E-state index < -0.39 is 10.0 Å². The Morgan fingerprint density at radius 1 is 1.40 bits per heavy atom. The lowest BCUT2D eigenvalue weighted by Crippen LogP contribution is -2.39. The Kier molecular flexibility index (Phi) is 4.59. The average Bonchev–Trinajstić information content (AvgIpc) is 2.42. The smallest absolute Gasteiger partial charge is 0.243 e. The van der Waals surface area contributed by atoms with Gasteiger partial charge in [-0.25, -0.2) is 8.42 Å². The number of benzene rings is 1. The molecule has 0 atom stereocenters. The minimum absolute atomic E-state index is 0.112. The molecule has 0 amide bonds. The molecule has 5 nitrogen and oxygen atoms in total. The standard InChI is InChI=1S/C13H19ClN2O3S/c1-9-6-11(14)12(15)7-13(9)20(18,19)16-4-2-10(8-17)3-5-16/h6-7,10,17H,2-5,8,15H2,1H3. The van der Waals surface area contributed by atoms with E-state index in [9.17, 15) is 8.42 Å². The van der Waals surface area contributed by atoms with E-state index >= 15 is 0 Å². The maximum atomic E-state index is 12.6. The van der Waals surface area contributed by atoms with Crippen LogP contribution in [0.25, 0.3) is 0 Å². The summed E-state index contributed by atoms with van der Waals surface area (Å²) in [5.74, 6) is 0.192. The third-order valence-electron chi connectivity index (χ3n) is 3.74. The van der Waals surface area contributed by atoms with Crippen LogP contribution in [0.2, 0.25) is 5.02 Å². The number of hydrogen-bond donors (Lipinski definition) is 2. The molecule has 0 radical (unpaired) electrons. The van der Waals surface area contributed by atoms with Crippen LogP contribution in [0.1, 0.15) is 18.4 Å². The van der Waals surface area contributed by atoms with Gasteiger partial charge >= 0.3 is 0 Å². The molecule has 2 rings (SSSR count). The number of sulfonamides is 1. The van der Waals surface area contributed by atoms with E-state index in [1.165, 1.54) is 10.4 Å². The highest BCUT2D eigenvalue weighted by Gasteiger charge is 2.30. The van der Waals surface area contributed by atoms with Crippen LogP contribution in [0.15, 0.2) is 17.0 Å². The molecule has 1 aliphatic heterocycles. The fourth-order valence-corrected chi connectivity index (χ4v) is 4.35. The first kappa shape index (κ1) is 15.6. The number of nitrogen functional groups attached to an aromatic ring is 1. The third kappa shape index (κ3) is 2.93. The topological polar surface area (TPSA) is 83.6 Å². The summed E-state index contributed by atoms with van der Waals surface area (Å²) in [5, 5.41) is 9.47. The second kappa shape index (κ2) is 5.89. The first-order valence-electron chi connectivity index (χ1n) is 6.53. The van der Waals surface area contributed by atoms with Crippen molar-refractivity contribution in [3.63, 3.8) is 0 Å². The van der Waals surface area contributed by atoms with Gasteiger partial charge in [-0.15, -0.1) is 0 Å². The quantitative estimate of drug-likeness (QED) is 0.830. The van der Waals surface area contributed by atoms with Crippen molar-refractivity contribution in [1.29, 1.82) is 0 Å². The van der Waals surface area contributed by atoms with Crippen LogP contribution in [-0.4, -0.2) is 37.5 Å². The van der Waals surface area contributed by atoms with Gasteiger partial charge in [0.15, 0.2) is 0 Å². The van der Waals surface area contributed by atoms with Gasteiger partial charge in [0.25, 0.3) is 0 Å². The monoisotopic (exact) mass is 318 g/mol. The maximum Gasteiger partial charge on any atom is 0.243 e. The second-order valence-electron chi connectivity index (χ2n) is 5.17. The van der Waals surface area contributed by atoms with Crippen molar-refractivity contribution >= 4 is 27.3 Å². The molecule has 0 spiro atoms. The number of rotatable bonds is 3. The van der Waals surface area contributed by atoms with Crippen molar-refractivity contribution in [2.24, 2.45) is 5.92 Å². The van der Waals surface area contributed by atoms with Crippen LogP contribution >= 0.6 is 11.6 Å². The Morgan fingerprint density at radius 3 is 2.55 bits per heavy atom. The largest absolute Gasteiger partial charge is 0.397 e.